The molecule has 0 aliphatic heterocycles. The molecule has 0 saturated heterocycles. The van der Waals surface area contributed by atoms with E-state index in [1.165, 1.54) is 0 Å². The summed E-state index contributed by atoms with van der Waals surface area (Å²) in [5.74, 6) is 0.905. The molecule has 0 bridgehead atoms. The Balaban J connectivity index is 1.82. The first-order valence-corrected chi connectivity index (χ1v) is 11.0. The van der Waals surface area contributed by atoms with Gasteiger partial charge in [0.1, 0.15) is 11.4 Å². The molecular weight excluding hydrogens is 412 g/mol. The summed E-state index contributed by atoms with van der Waals surface area (Å²) in [6.07, 6.45) is 2.23. The van der Waals surface area contributed by atoms with E-state index in [1.54, 1.807) is 0 Å². The van der Waals surface area contributed by atoms with Crippen LogP contribution in [0.2, 0.25) is 0 Å². The van der Waals surface area contributed by atoms with Gasteiger partial charge in [0.2, 0.25) is 0 Å². The maximum atomic E-state index is 10.8. The fourth-order valence-corrected chi connectivity index (χ4v) is 4.26. The second kappa shape index (κ2) is 10.0. The highest BCUT2D eigenvalue weighted by Gasteiger charge is 2.37. The molecule has 0 unspecified atom stereocenters. The summed E-state index contributed by atoms with van der Waals surface area (Å²) in [5.41, 5.74) is 3.73. The van der Waals surface area contributed by atoms with Gasteiger partial charge in [-0.25, -0.2) is 4.79 Å². The molecule has 1 amide bonds. The summed E-state index contributed by atoms with van der Waals surface area (Å²) in [7, 11) is 1.92. The lowest BCUT2D eigenvalue weighted by Gasteiger charge is -2.38. The molecule has 6 nitrogen and oxygen atoms in total. The zero-order valence-electron chi connectivity index (χ0n) is 18.6. The van der Waals surface area contributed by atoms with Gasteiger partial charge in [-0.2, -0.15) is 5.10 Å². The van der Waals surface area contributed by atoms with Crippen molar-refractivity contribution in [1.82, 2.24) is 15.1 Å². The predicted molar refractivity (Wildman–Crippen MR) is 130 cm³/mol. The van der Waals surface area contributed by atoms with E-state index < -0.39 is 11.6 Å². The second-order valence-electron chi connectivity index (χ2n) is 7.95. The third-order valence-corrected chi connectivity index (χ3v) is 5.84. The van der Waals surface area contributed by atoms with Crippen molar-refractivity contribution in [3.05, 3.63) is 119 Å². The maximum absolute atomic E-state index is 10.8. The van der Waals surface area contributed by atoms with Crippen LogP contribution in [0.15, 0.2) is 97.2 Å². The predicted octanol–water partition coefficient (Wildman–Crippen LogP) is 5.02. The van der Waals surface area contributed by atoms with Crippen molar-refractivity contribution in [1.29, 1.82) is 0 Å². The highest BCUT2D eigenvalue weighted by Crippen LogP contribution is 2.40. The highest BCUT2D eigenvalue weighted by molar-refractivity contribution is 5.64. The average molecular weight is 441 g/mol. The lowest BCUT2D eigenvalue weighted by Crippen LogP contribution is -2.39. The first-order valence-electron chi connectivity index (χ1n) is 11.0. The van der Waals surface area contributed by atoms with E-state index >= 15 is 0 Å². The summed E-state index contributed by atoms with van der Waals surface area (Å²) in [5, 5.41) is 19.7. The van der Waals surface area contributed by atoms with E-state index in [9.17, 15) is 4.79 Å². The quantitative estimate of drug-likeness (QED) is 0.252. The number of carbonyl (C=O) groups is 1. The molecule has 6 heteroatoms. The monoisotopic (exact) mass is 440 g/mol. The number of benzene rings is 3. The molecule has 1 aromatic heterocycles. The fourth-order valence-electron chi connectivity index (χ4n) is 4.26. The van der Waals surface area contributed by atoms with Crippen molar-refractivity contribution in [3.8, 4) is 0 Å². The van der Waals surface area contributed by atoms with Gasteiger partial charge < -0.3 is 15.7 Å². The van der Waals surface area contributed by atoms with E-state index in [0.29, 0.717) is 19.4 Å². The van der Waals surface area contributed by atoms with Crippen LogP contribution in [0.25, 0.3) is 0 Å². The summed E-state index contributed by atoms with van der Waals surface area (Å²) >= 11 is 0. The Hall–Kier alpha value is -4.06. The normalized spacial score (nSPS) is 11.2. The van der Waals surface area contributed by atoms with E-state index in [-0.39, 0.29) is 0 Å². The van der Waals surface area contributed by atoms with Crippen LogP contribution in [0, 0.1) is 0 Å². The van der Waals surface area contributed by atoms with Gasteiger partial charge in [-0.15, -0.1) is 0 Å². The van der Waals surface area contributed by atoms with Gasteiger partial charge in [0.05, 0.1) is 6.20 Å². The number of nitrogens with zero attached hydrogens (tertiary/aromatic N) is 2. The van der Waals surface area contributed by atoms with Crippen LogP contribution in [-0.4, -0.2) is 27.5 Å². The van der Waals surface area contributed by atoms with Crippen molar-refractivity contribution in [3.63, 3.8) is 0 Å². The zero-order valence-corrected chi connectivity index (χ0v) is 18.6. The number of aromatic nitrogens is 2. The maximum Gasteiger partial charge on any atom is 0.404 e. The Labute approximate surface area is 193 Å². The first kappa shape index (κ1) is 22.1. The van der Waals surface area contributed by atoms with Crippen LogP contribution in [-0.2, 0) is 19.0 Å². The van der Waals surface area contributed by atoms with Crippen molar-refractivity contribution >= 4 is 11.9 Å². The second-order valence-corrected chi connectivity index (χ2v) is 7.95. The molecular formula is C27H28N4O2. The molecule has 33 heavy (non-hydrogen) atoms. The minimum absolute atomic E-state index is 0.394. The Kier molecular flexibility index (Phi) is 6.74. The molecule has 4 aromatic rings. The number of rotatable bonds is 9. The Bertz CT molecular complexity index is 1080. The van der Waals surface area contributed by atoms with E-state index in [2.05, 4.69) is 88.5 Å². The Morgan fingerprint density at radius 2 is 1.36 bits per heavy atom. The van der Waals surface area contributed by atoms with Gasteiger partial charge in [-0.1, -0.05) is 91.0 Å². The average Bonchev–Trinajstić information content (AvgIpc) is 3.20. The molecule has 0 radical (unpaired) electrons. The highest BCUT2D eigenvalue weighted by atomic mass is 16.4. The van der Waals surface area contributed by atoms with Crippen molar-refractivity contribution in [2.75, 3.05) is 11.9 Å². The number of amides is 1. The van der Waals surface area contributed by atoms with Crippen molar-refractivity contribution < 1.29 is 9.90 Å². The first-order chi connectivity index (χ1) is 16.1. The molecule has 0 fully saturated rings. The molecule has 0 aliphatic rings. The molecule has 168 valence electrons. The zero-order chi connectivity index (χ0) is 23.1. The van der Waals surface area contributed by atoms with Gasteiger partial charge in [0.15, 0.2) is 0 Å². The molecule has 0 atom stereocenters. The standard InChI is InChI=1S/C27H28N4O2/c1-31-25(21(20-29-31)12-11-19-28-26(32)33)30-27(22-13-5-2-6-14-22,23-15-7-3-8-16-23)24-17-9-4-10-18-24/h2-10,13-18,20,28,30H,11-12,19H2,1H3,(H,32,33). The van der Waals surface area contributed by atoms with Crippen molar-refractivity contribution in [2.24, 2.45) is 7.05 Å². The molecule has 0 saturated carbocycles. The summed E-state index contributed by atoms with van der Waals surface area (Å²) in [6, 6.07) is 31.2. The lowest BCUT2D eigenvalue weighted by molar-refractivity contribution is 0.194. The number of hydrogen-bond acceptors (Lipinski definition) is 3. The topological polar surface area (TPSA) is 79.2 Å². The van der Waals surface area contributed by atoms with E-state index in [1.807, 2.05) is 36.1 Å². The molecule has 0 aliphatic carbocycles. The molecule has 3 N–H and O–H groups in total. The van der Waals surface area contributed by atoms with Crippen LogP contribution < -0.4 is 10.6 Å². The Morgan fingerprint density at radius 1 is 0.879 bits per heavy atom. The van der Waals surface area contributed by atoms with Gasteiger partial charge in [-0.05, 0) is 29.5 Å². The summed E-state index contributed by atoms with van der Waals surface area (Å²) < 4.78 is 1.85. The van der Waals surface area contributed by atoms with Crippen molar-refractivity contribution in [2.45, 2.75) is 18.4 Å². The number of aryl methyl sites for hydroxylation is 2. The van der Waals surface area contributed by atoms with E-state index in [0.717, 1.165) is 28.1 Å². The van der Waals surface area contributed by atoms with Crippen LogP contribution >= 0.6 is 0 Å². The van der Waals surface area contributed by atoms with Crippen LogP contribution in [0.3, 0.4) is 0 Å². The molecule has 1 heterocycles. The third kappa shape index (κ3) is 4.75. The third-order valence-electron chi connectivity index (χ3n) is 5.84. The fraction of sp³-hybridized carbons (Fsp3) is 0.185. The molecule has 4 rings (SSSR count). The number of anilines is 1. The Morgan fingerprint density at radius 3 is 1.82 bits per heavy atom. The van der Waals surface area contributed by atoms with E-state index in [4.69, 9.17) is 5.11 Å². The van der Waals surface area contributed by atoms with Crippen LogP contribution in [0.1, 0.15) is 28.7 Å². The number of carboxylic acid groups (broad SMARTS) is 1. The van der Waals surface area contributed by atoms with Gasteiger partial charge >= 0.3 is 6.09 Å². The molecule has 0 spiro atoms. The SMILES string of the molecule is Cn1ncc(CCCNC(=O)O)c1NC(c1ccccc1)(c1ccccc1)c1ccccc1. The van der Waals surface area contributed by atoms with Crippen LogP contribution in [0.5, 0.6) is 0 Å². The number of hydrogen-bond donors (Lipinski definition) is 3. The van der Waals surface area contributed by atoms with Gasteiger partial charge in [-0.3, -0.25) is 4.68 Å². The smallest absolute Gasteiger partial charge is 0.404 e. The van der Waals surface area contributed by atoms with Gasteiger partial charge in [0.25, 0.3) is 0 Å². The lowest BCUT2D eigenvalue weighted by atomic mass is 9.77. The summed E-state index contributed by atoms with van der Waals surface area (Å²) in [6.45, 7) is 0.394. The van der Waals surface area contributed by atoms with Gasteiger partial charge in [0, 0.05) is 19.2 Å². The molecule has 3 aromatic carbocycles. The minimum Gasteiger partial charge on any atom is -0.465 e. The number of nitrogens with one attached hydrogen (secondary N) is 2. The minimum atomic E-state index is -1.00. The largest absolute Gasteiger partial charge is 0.465 e. The van der Waals surface area contributed by atoms with Crippen LogP contribution in [0.4, 0.5) is 10.6 Å². The summed E-state index contributed by atoms with van der Waals surface area (Å²) in [4.78, 5) is 10.8.